The van der Waals surface area contributed by atoms with Crippen LogP contribution in [0.2, 0.25) is 0 Å². The molecule has 1 saturated heterocycles. The molecule has 3 aliphatic rings. The quantitative estimate of drug-likeness (QED) is 0.784. The summed E-state index contributed by atoms with van der Waals surface area (Å²) in [4.78, 5) is 25.8. The van der Waals surface area contributed by atoms with Crippen molar-refractivity contribution < 1.29 is 14.3 Å². The van der Waals surface area contributed by atoms with Crippen LogP contribution in [-0.2, 0) is 9.53 Å². The lowest BCUT2D eigenvalue weighted by Crippen LogP contribution is -2.40. The minimum atomic E-state index is -0.487. The fourth-order valence-corrected chi connectivity index (χ4v) is 4.06. The van der Waals surface area contributed by atoms with Gasteiger partial charge in [-0.25, -0.2) is 9.69 Å². The van der Waals surface area contributed by atoms with Crippen molar-refractivity contribution in [1.29, 1.82) is 0 Å². The molecule has 0 radical (unpaired) electrons. The van der Waals surface area contributed by atoms with E-state index in [0.29, 0.717) is 19.1 Å². The zero-order valence-corrected chi connectivity index (χ0v) is 11.6. The maximum Gasteiger partial charge on any atom is 0.416 e. The summed E-state index contributed by atoms with van der Waals surface area (Å²) in [6.07, 6.45) is 4.90. The molecule has 0 N–H and O–H groups in total. The van der Waals surface area contributed by atoms with Crippen molar-refractivity contribution in [2.24, 2.45) is 17.8 Å². The van der Waals surface area contributed by atoms with Gasteiger partial charge in [0.2, 0.25) is 5.91 Å². The van der Waals surface area contributed by atoms with Crippen LogP contribution >= 0.6 is 0 Å². The first-order valence-electron chi connectivity index (χ1n) is 7.47. The molecule has 4 heteroatoms. The van der Waals surface area contributed by atoms with Crippen LogP contribution in [0.5, 0.6) is 0 Å². The molecule has 4 rings (SSSR count). The number of amides is 2. The molecule has 2 fully saturated rings. The molecule has 0 spiro atoms. The highest BCUT2D eigenvalue weighted by Gasteiger charge is 2.51. The standard InChI is InChI=1S/C17H17NO3/c19-16(18-8-9-21-17(18)20)15-13-7-6-12(10-13)14(15)11-4-2-1-3-5-11/h1-7,12-15H,8-10H2/t12-,13-,14+,15+/m0/s1. The lowest BCUT2D eigenvalue weighted by Gasteiger charge is -2.29. The highest BCUT2D eigenvalue weighted by atomic mass is 16.6. The van der Waals surface area contributed by atoms with Gasteiger partial charge in [-0.15, -0.1) is 0 Å². The predicted molar refractivity (Wildman–Crippen MR) is 76.5 cm³/mol. The van der Waals surface area contributed by atoms with Gasteiger partial charge in [0, 0.05) is 5.92 Å². The average Bonchev–Trinajstić information content (AvgIpc) is 3.22. The van der Waals surface area contributed by atoms with E-state index >= 15 is 0 Å². The lowest BCUT2D eigenvalue weighted by atomic mass is 9.78. The molecule has 1 saturated carbocycles. The smallest absolute Gasteiger partial charge is 0.416 e. The van der Waals surface area contributed by atoms with E-state index in [4.69, 9.17) is 4.74 Å². The first kappa shape index (κ1) is 12.6. The van der Waals surface area contributed by atoms with Crippen molar-refractivity contribution in [1.82, 2.24) is 4.90 Å². The van der Waals surface area contributed by atoms with Crippen LogP contribution in [0, 0.1) is 17.8 Å². The van der Waals surface area contributed by atoms with Crippen LogP contribution in [0.3, 0.4) is 0 Å². The summed E-state index contributed by atoms with van der Waals surface area (Å²) in [6.45, 7) is 0.702. The minimum Gasteiger partial charge on any atom is -0.447 e. The minimum absolute atomic E-state index is 0.0665. The second-order valence-corrected chi connectivity index (χ2v) is 6.01. The summed E-state index contributed by atoms with van der Waals surface area (Å²) in [5, 5.41) is 0. The second-order valence-electron chi connectivity index (χ2n) is 6.01. The van der Waals surface area contributed by atoms with Crippen molar-refractivity contribution in [2.45, 2.75) is 12.3 Å². The maximum atomic E-state index is 12.8. The molecular formula is C17H17NO3. The van der Waals surface area contributed by atoms with E-state index in [9.17, 15) is 9.59 Å². The van der Waals surface area contributed by atoms with Gasteiger partial charge in [-0.1, -0.05) is 42.5 Å². The zero-order chi connectivity index (χ0) is 14.4. The Morgan fingerprint density at radius 1 is 1.14 bits per heavy atom. The van der Waals surface area contributed by atoms with E-state index in [1.165, 1.54) is 10.5 Å². The predicted octanol–water partition coefficient (Wildman–Crippen LogP) is 2.57. The normalized spacial score (nSPS) is 33.5. The molecule has 2 amide bonds. The SMILES string of the molecule is O=C1OCCN1C(=O)[C@H]1[C@H](c2ccccc2)[C@H]2C=C[C@H]1C2. The third-order valence-corrected chi connectivity index (χ3v) is 4.96. The summed E-state index contributed by atoms with van der Waals surface area (Å²) in [7, 11) is 0. The van der Waals surface area contributed by atoms with Gasteiger partial charge in [-0.2, -0.15) is 0 Å². The number of nitrogens with zero attached hydrogens (tertiary/aromatic N) is 1. The molecule has 0 aromatic heterocycles. The Bertz CT molecular complexity index is 610. The summed E-state index contributed by atoms with van der Waals surface area (Å²) >= 11 is 0. The number of carbonyl (C=O) groups excluding carboxylic acids is 2. The van der Waals surface area contributed by atoms with Gasteiger partial charge in [-0.05, 0) is 23.8 Å². The Morgan fingerprint density at radius 3 is 2.62 bits per heavy atom. The maximum absolute atomic E-state index is 12.8. The molecule has 1 heterocycles. The summed E-state index contributed by atoms with van der Waals surface area (Å²) < 4.78 is 4.92. The van der Waals surface area contributed by atoms with Crippen molar-refractivity contribution in [3.05, 3.63) is 48.0 Å². The van der Waals surface area contributed by atoms with Crippen LogP contribution in [-0.4, -0.2) is 30.1 Å². The van der Waals surface area contributed by atoms with Crippen molar-refractivity contribution in [3.63, 3.8) is 0 Å². The Kier molecular flexibility index (Phi) is 2.84. The highest BCUT2D eigenvalue weighted by Crippen LogP contribution is 2.53. The van der Waals surface area contributed by atoms with E-state index in [1.54, 1.807) is 0 Å². The van der Waals surface area contributed by atoms with Gasteiger partial charge < -0.3 is 4.74 Å². The highest BCUT2D eigenvalue weighted by molar-refractivity contribution is 5.95. The molecule has 4 nitrogen and oxygen atoms in total. The molecule has 4 atom stereocenters. The molecule has 1 aromatic carbocycles. The van der Waals surface area contributed by atoms with Gasteiger partial charge in [-0.3, -0.25) is 4.79 Å². The summed E-state index contributed by atoms with van der Waals surface area (Å²) in [5.74, 6) is 0.643. The number of fused-ring (bicyclic) bond motifs is 2. The molecule has 21 heavy (non-hydrogen) atoms. The van der Waals surface area contributed by atoms with E-state index < -0.39 is 6.09 Å². The van der Waals surface area contributed by atoms with E-state index in [0.717, 1.165) is 6.42 Å². The molecule has 108 valence electrons. The second kappa shape index (κ2) is 4.72. The molecule has 1 aliphatic heterocycles. The van der Waals surface area contributed by atoms with Crippen LogP contribution in [0.15, 0.2) is 42.5 Å². The number of allylic oxidation sites excluding steroid dienone is 2. The van der Waals surface area contributed by atoms with Gasteiger partial charge in [0.15, 0.2) is 0 Å². The molecule has 2 bridgehead atoms. The number of carbonyl (C=O) groups is 2. The first-order valence-corrected chi connectivity index (χ1v) is 7.47. The number of ether oxygens (including phenoxy) is 1. The number of hydrogen-bond acceptors (Lipinski definition) is 3. The van der Waals surface area contributed by atoms with Crippen LogP contribution in [0.4, 0.5) is 4.79 Å². The van der Waals surface area contributed by atoms with Crippen molar-refractivity contribution in [2.75, 3.05) is 13.2 Å². The van der Waals surface area contributed by atoms with Crippen LogP contribution < -0.4 is 0 Å². The van der Waals surface area contributed by atoms with Crippen LogP contribution in [0.1, 0.15) is 17.9 Å². The summed E-state index contributed by atoms with van der Waals surface area (Å²) in [5.41, 5.74) is 1.19. The fraction of sp³-hybridized carbons (Fsp3) is 0.412. The van der Waals surface area contributed by atoms with Gasteiger partial charge in [0.25, 0.3) is 0 Å². The molecule has 1 aromatic rings. The summed E-state index contributed by atoms with van der Waals surface area (Å²) in [6, 6.07) is 10.2. The number of cyclic esters (lactones) is 1. The Morgan fingerprint density at radius 2 is 1.90 bits per heavy atom. The largest absolute Gasteiger partial charge is 0.447 e. The van der Waals surface area contributed by atoms with E-state index in [2.05, 4.69) is 24.3 Å². The number of hydrogen-bond donors (Lipinski definition) is 0. The number of rotatable bonds is 2. The Balaban J connectivity index is 1.68. The third kappa shape index (κ3) is 1.89. The van der Waals surface area contributed by atoms with Gasteiger partial charge in [0.1, 0.15) is 6.61 Å². The van der Waals surface area contributed by atoms with Crippen molar-refractivity contribution in [3.8, 4) is 0 Å². The number of imide groups is 1. The Hall–Kier alpha value is -2.10. The molecule has 2 aliphatic carbocycles. The third-order valence-electron chi connectivity index (χ3n) is 4.96. The van der Waals surface area contributed by atoms with Gasteiger partial charge >= 0.3 is 6.09 Å². The number of benzene rings is 1. The fourth-order valence-electron chi connectivity index (χ4n) is 4.06. The van der Waals surface area contributed by atoms with Crippen LogP contribution in [0.25, 0.3) is 0 Å². The lowest BCUT2D eigenvalue weighted by molar-refractivity contribution is -0.133. The van der Waals surface area contributed by atoms with E-state index in [1.807, 2.05) is 18.2 Å². The average molecular weight is 283 g/mol. The van der Waals surface area contributed by atoms with Gasteiger partial charge in [0.05, 0.1) is 12.5 Å². The Labute approximate surface area is 123 Å². The zero-order valence-electron chi connectivity index (χ0n) is 11.6. The van der Waals surface area contributed by atoms with Crippen molar-refractivity contribution >= 4 is 12.0 Å². The first-order chi connectivity index (χ1) is 10.3. The molecule has 0 unspecified atom stereocenters. The van der Waals surface area contributed by atoms with E-state index in [-0.39, 0.29) is 23.7 Å². The molecular weight excluding hydrogens is 266 g/mol. The monoisotopic (exact) mass is 283 g/mol. The topological polar surface area (TPSA) is 46.6 Å².